The van der Waals surface area contributed by atoms with Gasteiger partial charge in [-0.15, -0.1) is 22.0 Å². The van der Waals surface area contributed by atoms with Crippen LogP contribution in [0.1, 0.15) is 19.3 Å². The summed E-state index contributed by atoms with van der Waals surface area (Å²) < 4.78 is 135. The molecule has 0 aromatic heterocycles. The van der Waals surface area contributed by atoms with Gasteiger partial charge in [0.25, 0.3) is 0 Å². The van der Waals surface area contributed by atoms with Crippen molar-refractivity contribution in [1.29, 1.82) is 0 Å². The van der Waals surface area contributed by atoms with Gasteiger partial charge in [0.1, 0.15) is 6.61 Å². The molecule has 0 heterocycles. The van der Waals surface area contributed by atoms with E-state index in [1.807, 2.05) is 0 Å². The Hall–Kier alpha value is -0.983. The third-order valence-corrected chi connectivity index (χ3v) is 6.18. The molecule has 0 aliphatic heterocycles. The number of carbonyl (C=O) groups excluding carboxylic acids is 1. The summed E-state index contributed by atoms with van der Waals surface area (Å²) in [6.45, 7) is -1.55. The number of carbonyl (C=O) groups is 1. The first kappa shape index (κ1) is 29.0. The third kappa shape index (κ3) is 9.88. The minimum absolute atomic E-state index is 0.0904. The first-order valence-corrected chi connectivity index (χ1v) is 9.79. The van der Waals surface area contributed by atoms with E-state index in [1.165, 1.54) is 21.3 Å². The molecule has 0 bridgehead atoms. The van der Waals surface area contributed by atoms with Crippen molar-refractivity contribution < 1.29 is 71.8 Å². The van der Waals surface area contributed by atoms with Crippen LogP contribution < -0.4 is 0 Å². The molecule has 0 aromatic rings. The second-order valence-corrected chi connectivity index (χ2v) is 8.57. The van der Waals surface area contributed by atoms with Crippen LogP contribution in [0.5, 0.6) is 0 Å². The van der Waals surface area contributed by atoms with E-state index in [0.29, 0.717) is 0 Å². The molecule has 0 saturated heterocycles. The van der Waals surface area contributed by atoms with E-state index in [4.69, 9.17) is 13.3 Å². The Morgan fingerprint density at radius 2 is 1.23 bits per heavy atom. The molecule has 180 valence electrons. The number of rotatable bonds is 15. The number of Topliss-reactive ketones (excluding diaryl/α,β-unsaturated/α-hetero) is 1. The molecule has 30 heavy (non-hydrogen) atoms. The highest BCUT2D eigenvalue weighted by Gasteiger charge is 2.68. The van der Waals surface area contributed by atoms with Crippen LogP contribution in [-0.2, 0) is 32.3 Å². The number of hydrogen-bond donors (Lipinski definition) is 0. The zero-order valence-corrected chi connectivity index (χ0v) is 16.8. The van der Waals surface area contributed by atoms with Crippen molar-refractivity contribution in [3.63, 3.8) is 0 Å². The molecule has 0 aliphatic carbocycles. The first-order chi connectivity index (χ1) is 13.4. The van der Waals surface area contributed by atoms with Crippen LogP contribution in [-0.4, -0.2) is 67.4 Å². The van der Waals surface area contributed by atoms with Gasteiger partial charge >= 0.3 is 33.7 Å². The molecule has 17 heteroatoms. The molecular formula is C13H19F9O7Si. The normalized spacial score (nSPS) is 14.3. The number of unbranched alkanes of at least 4 members (excludes halogenated alkanes) is 1. The van der Waals surface area contributed by atoms with Crippen molar-refractivity contribution >= 4 is 14.6 Å². The lowest BCUT2D eigenvalue weighted by Crippen LogP contribution is -2.51. The maximum atomic E-state index is 13.1. The second kappa shape index (κ2) is 11.1. The number of halogens is 9. The Balaban J connectivity index is 4.58. The van der Waals surface area contributed by atoms with Crippen LogP contribution in [0.25, 0.3) is 0 Å². The lowest BCUT2D eigenvalue weighted by Gasteiger charge is -2.28. The summed E-state index contributed by atoms with van der Waals surface area (Å²) in [5, 5.41) is 0. The summed E-state index contributed by atoms with van der Waals surface area (Å²) >= 11 is 0. The summed E-state index contributed by atoms with van der Waals surface area (Å²) in [4.78, 5) is 11.5. The molecule has 0 saturated carbocycles. The summed E-state index contributed by atoms with van der Waals surface area (Å²) in [5.41, 5.74) is 0. The van der Waals surface area contributed by atoms with Gasteiger partial charge in [0.05, 0.1) is 0 Å². The van der Waals surface area contributed by atoms with Gasteiger partial charge in [-0.25, -0.2) is 9.47 Å². The molecule has 0 rings (SSSR count). The number of ether oxygens (including phenoxy) is 3. The van der Waals surface area contributed by atoms with Crippen LogP contribution in [0.4, 0.5) is 39.5 Å². The van der Waals surface area contributed by atoms with Gasteiger partial charge in [-0.05, 0) is 12.8 Å². The second-order valence-electron chi connectivity index (χ2n) is 5.48. The minimum Gasteiger partial charge on any atom is -0.377 e. The molecule has 0 aliphatic rings. The van der Waals surface area contributed by atoms with Gasteiger partial charge in [-0.3, -0.25) is 9.53 Å². The molecule has 0 amide bonds. The number of alkyl halides is 9. The van der Waals surface area contributed by atoms with Gasteiger partial charge in [0.2, 0.25) is 0 Å². The molecule has 7 nitrogen and oxygen atoms in total. The standard InChI is InChI=1S/C13H19F9O7Si/c1-24-30(25-2,26-3)7-5-4-6-9(23)8-27-13(21,22)29-11(16,17)10(14,15)28-12(18,19)20/h4-8H2,1-3H3. The molecule has 0 unspecified atom stereocenters. The van der Waals surface area contributed by atoms with Crippen LogP contribution in [0.2, 0.25) is 6.04 Å². The van der Waals surface area contributed by atoms with E-state index in [1.54, 1.807) is 4.74 Å². The summed E-state index contributed by atoms with van der Waals surface area (Å²) in [7, 11) is 1.07. The molecule has 0 spiro atoms. The predicted octanol–water partition coefficient (Wildman–Crippen LogP) is 3.91. The molecule has 0 N–H and O–H groups in total. The van der Waals surface area contributed by atoms with Crippen molar-refractivity contribution in [2.75, 3.05) is 27.9 Å². The van der Waals surface area contributed by atoms with Gasteiger partial charge in [-0.1, -0.05) is 0 Å². The van der Waals surface area contributed by atoms with Crippen LogP contribution in [0.15, 0.2) is 0 Å². The quantitative estimate of drug-likeness (QED) is 0.150. The topological polar surface area (TPSA) is 72.5 Å². The zero-order valence-electron chi connectivity index (χ0n) is 15.8. The summed E-state index contributed by atoms with van der Waals surface area (Å²) in [6.07, 6.45) is -24.8. The zero-order chi connectivity index (χ0) is 23.9. The van der Waals surface area contributed by atoms with Crippen LogP contribution >= 0.6 is 0 Å². The average Bonchev–Trinajstić information content (AvgIpc) is 2.58. The van der Waals surface area contributed by atoms with Gasteiger partial charge in [-0.2, -0.15) is 17.6 Å². The van der Waals surface area contributed by atoms with Crippen molar-refractivity contribution in [2.45, 2.75) is 50.2 Å². The largest absolute Gasteiger partial charge is 0.527 e. The van der Waals surface area contributed by atoms with Gasteiger partial charge < -0.3 is 13.3 Å². The molecular weight excluding hydrogens is 467 g/mol. The fraction of sp³-hybridized carbons (Fsp3) is 0.923. The van der Waals surface area contributed by atoms with E-state index in [0.717, 1.165) is 0 Å². The van der Waals surface area contributed by atoms with Crippen molar-refractivity contribution in [3.8, 4) is 0 Å². The third-order valence-electron chi connectivity index (χ3n) is 3.35. The van der Waals surface area contributed by atoms with Crippen LogP contribution in [0, 0.1) is 0 Å². The Morgan fingerprint density at radius 3 is 1.67 bits per heavy atom. The highest BCUT2D eigenvalue weighted by molar-refractivity contribution is 6.60. The molecule has 0 atom stereocenters. The van der Waals surface area contributed by atoms with E-state index < -0.39 is 46.1 Å². The lowest BCUT2D eigenvalue weighted by molar-refractivity contribution is -0.554. The summed E-state index contributed by atoms with van der Waals surface area (Å²) in [6, 6.07) is 0.254. The lowest BCUT2D eigenvalue weighted by atomic mass is 10.2. The van der Waals surface area contributed by atoms with E-state index in [9.17, 15) is 44.3 Å². The average molecular weight is 486 g/mol. The highest BCUT2D eigenvalue weighted by Crippen LogP contribution is 2.43. The smallest absolute Gasteiger partial charge is 0.377 e. The number of ketones is 1. The van der Waals surface area contributed by atoms with Crippen molar-refractivity contribution in [3.05, 3.63) is 0 Å². The molecule has 0 fully saturated rings. The van der Waals surface area contributed by atoms with Crippen LogP contribution in [0.3, 0.4) is 0 Å². The Morgan fingerprint density at radius 1 is 0.767 bits per heavy atom. The molecule has 0 radical (unpaired) electrons. The maximum Gasteiger partial charge on any atom is 0.527 e. The SMILES string of the molecule is CO[Si](CCCCC(=O)COC(F)(F)OC(F)(F)C(F)(F)OC(F)(F)F)(OC)OC. The van der Waals surface area contributed by atoms with Gasteiger partial charge in [0.15, 0.2) is 5.78 Å². The van der Waals surface area contributed by atoms with E-state index in [2.05, 4.69) is 9.47 Å². The maximum absolute atomic E-state index is 13.1. The first-order valence-electron chi connectivity index (χ1n) is 7.86. The number of hydrogen-bond acceptors (Lipinski definition) is 7. The van der Waals surface area contributed by atoms with Gasteiger partial charge in [0, 0.05) is 33.8 Å². The minimum atomic E-state index is -6.50. The Labute approximate surface area is 165 Å². The van der Waals surface area contributed by atoms with E-state index in [-0.39, 0.29) is 25.3 Å². The fourth-order valence-corrected chi connectivity index (χ4v) is 3.69. The van der Waals surface area contributed by atoms with Crippen molar-refractivity contribution in [2.24, 2.45) is 0 Å². The van der Waals surface area contributed by atoms with Crippen molar-refractivity contribution in [1.82, 2.24) is 0 Å². The predicted molar refractivity (Wildman–Crippen MR) is 79.5 cm³/mol. The fourth-order valence-electron chi connectivity index (χ4n) is 1.90. The molecule has 0 aromatic carbocycles. The van der Waals surface area contributed by atoms with E-state index >= 15 is 0 Å². The summed E-state index contributed by atoms with van der Waals surface area (Å²) in [5.74, 6) is -1.06. The Kier molecular flexibility index (Phi) is 10.7. The highest BCUT2D eigenvalue weighted by atomic mass is 28.4. The Bertz CT molecular complexity index is 533. The monoisotopic (exact) mass is 486 g/mol.